The molecule has 5 aromatic heterocycles. The predicted octanol–water partition coefficient (Wildman–Crippen LogP) is 24.0. The van der Waals surface area contributed by atoms with Crippen molar-refractivity contribution in [2.24, 2.45) is 11.8 Å². The Balaban J connectivity index is 1.23. The normalized spacial score (nSPS) is 13.2. The average Bonchev–Trinajstić information content (AvgIpc) is 2.08. The minimum atomic E-state index is -0.113. The van der Waals surface area contributed by atoms with Crippen molar-refractivity contribution in [3.05, 3.63) is 66.4 Å². The van der Waals surface area contributed by atoms with Crippen molar-refractivity contribution in [1.29, 1.82) is 0 Å². The fourth-order valence-corrected chi connectivity index (χ4v) is 19.2. The summed E-state index contributed by atoms with van der Waals surface area (Å²) >= 11 is 1.73. The van der Waals surface area contributed by atoms with Crippen molar-refractivity contribution in [3.63, 3.8) is 0 Å². The summed E-state index contributed by atoms with van der Waals surface area (Å²) in [5.41, 5.74) is 3.68. The Labute approximate surface area is 548 Å². The average molecular weight is 1350 g/mol. The van der Waals surface area contributed by atoms with Crippen molar-refractivity contribution in [2.75, 3.05) is 13.2 Å². The Bertz CT molecular complexity index is 2710. The maximum absolute atomic E-state index is 15.5. The van der Waals surface area contributed by atoms with Crippen LogP contribution in [0.4, 0.5) is 0 Å². The first-order valence-corrected chi connectivity index (χ1v) is 41.4. The summed E-state index contributed by atoms with van der Waals surface area (Å²) in [4.78, 5) is 33.1. The number of thiophene rings is 1. The van der Waals surface area contributed by atoms with Gasteiger partial charge in [0.05, 0.1) is 0 Å². The third-order valence-electron chi connectivity index (χ3n) is 19.4. The van der Waals surface area contributed by atoms with Gasteiger partial charge in [0.2, 0.25) is 0 Å². The van der Waals surface area contributed by atoms with Crippen LogP contribution in [0, 0.1) is 25.7 Å². The second-order valence-electron chi connectivity index (χ2n) is 26.9. The molecule has 0 N–H and O–H groups in total. The fraction of sp³-hybridized carbons (Fsp3) is 0.744. The quantitative estimate of drug-likeness (QED) is 0.0287. The van der Waals surface area contributed by atoms with Crippen molar-refractivity contribution in [3.8, 4) is 40.8 Å². The van der Waals surface area contributed by atoms with Gasteiger partial charge in [-0.3, -0.25) is 0 Å². The number of nitrogens with zero attached hydrogens (tertiary/aromatic N) is 2. The van der Waals surface area contributed by atoms with Crippen LogP contribution >= 0.6 is 11.3 Å². The van der Waals surface area contributed by atoms with E-state index in [4.69, 9.17) is 9.47 Å². The van der Waals surface area contributed by atoms with Gasteiger partial charge in [-0.25, -0.2) is 0 Å². The van der Waals surface area contributed by atoms with E-state index in [1.165, 1.54) is 279 Å². The van der Waals surface area contributed by atoms with E-state index in [0.717, 1.165) is 89.8 Å². The predicted molar refractivity (Wildman–Crippen MR) is 383 cm³/mol. The number of fused-ring (bicyclic) bond motifs is 2. The van der Waals surface area contributed by atoms with Gasteiger partial charge in [0.25, 0.3) is 0 Å². The number of ether oxygens (including phenoxy) is 2. The van der Waals surface area contributed by atoms with Gasteiger partial charge in [-0.15, -0.1) is 0 Å². The summed E-state index contributed by atoms with van der Waals surface area (Å²) in [6.07, 6.45) is 61.8. The van der Waals surface area contributed by atoms with E-state index in [1.807, 2.05) is 0 Å². The molecule has 9 heteroatoms. The molecule has 6 nitrogen and oxygen atoms in total. The number of pyridine rings is 2. The number of hydrogen-bond acceptors (Lipinski definition) is 5. The van der Waals surface area contributed by atoms with E-state index >= 15 is 9.59 Å². The monoisotopic (exact) mass is 1350 g/mol. The molecule has 6 rings (SSSR count). The molecule has 0 bridgehead atoms. The first-order valence-electron chi connectivity index (χ1n) is 37.1. The van der Waals surface area contributed by atoms with Gasteiger partial charge in [0.1, 0.15) is 0 Å². The van der Waals surface area contributed by atoms with Crippen LogP contribution in [0.25, 0.3) is 40.3 Å². The van der Waals surface area contributed by atoms with Gasteiger partial charge < -0.3 is 0 Å². The SMILES string of the molecule is CCCCCCCCCCCCC(CCCCCCCCCC)CCCCn1c(=O)c(-c2ccc(C)[se]2)cc2c1cc(-c1ccc(-c3sc(C)c4c3OCCO4)[se]1)c(=O)n2CCCCC(CCCCCCCCCC)CCCCCCCCCCCC. The van der Waals surface area contributed by atoms with Crippen molar-refractivity contribution >= 4 is 51.4 Å². The van der Waals surface area contributed by atoms with Crippen molar-refractivity contribution in [2.45, 2.75) is 350 Å². The molecular formula is C78H126N2O4SSe2. The Morgan fingerprint density at radius 3 is 1.06 bits per heavy atom. The van der Waals surface area contributed by atoms with Gasteiger partial charge in [-0.1, -0.05) is 207 Å². The van der Waals surface area contributed by atoms with Crippen molar-refractivity contribution < 1.29 is 9.47 Å². The molecule has 0 spiro atoms. The van der Waals surface area contributed by atoms with Gasteiger partial charge in [-0.05, 0) is 0 Å². The minimum Gasteiger partial charge on any atom is -0.0654 e. The summed E-state index contributed by atoms with van der Waals surface area (Å²) in [5.74, 6) is 3.27. The number of hydrogen-bond donors (Lipinski definition) is 0. The topological polar surface area (TPSA) is 62.5 Å². The Kier molecular flexibility index (Phi) is 37.9. The summed E-state index contributed by atoms with van der Waals surface area (Å²) in [6.45, 7) is 16.1. The Morgan fingerprint density at radius 2 is 0.701 bits per heavy atom. The minimum absolute atomic E-state index is 0.0960. The summed E-state index contributed by atoms with van der Waals surface area (Å²) in [5, 5.41) is 0. The van der Waals surface area contributed by atoms with Crippen LogP contribution in [-0.2, 0) is 13.1 Å². The van der Waals surface area contributed by atoms with Gasteiger partial charge in [-0.2, -0.15) is 0 Å². The molecular weight excluding hydrogens is 1220 g/mol. The molecule has 0 amide bonds. The van der Waals surface area contributed by atoms with E-state index in [1.54, 1.807) is 11.3 Å². The first-order chi connectivity index (χ1) is 42.8. The molecule has 5 aromatic rings. The Hall–Kier alpha value is -2.54. The molecule has 0 fully saturated rings. The molecule has 0 saturated carbocycles. The zero-order chi connectivity index (χ0) is 61.5. The molecule has 2 atom stereocenters. The van der Waals surface area contributed by atoms with Crippen LogP contribution in [-0.4, -0.2) is 51.4 Å². The van der Waals surface area contributed by atoms with E-state index < -0.39 is 0 Å². The van der Waals surface area contributed by atoms with E-state index in [0.29, 0.717) is 26.3 Å². The second-order valence-corrected chi connectivity index (χ2v) is 33.1. The molecule has 0 aliphatic carbocycles. The van der Waals surface area contributed by atoms with Gasteiger partial charge in [0, 0.05) is 0 Å². The maximum atomic E-state index is 15.5. The van der Waals surface area contributed by atoms with Gasteiger partial charge >= 0.3 is 345 Å². The number of unbranched alkanes of at least 4 members (excludes halogenated alkanes) is 34. The van der Waals surface area contributed by atoms with E-state index in [9.17, 15) is 0 Å². The van der Waals surface area contributed by atoms with Crippen molar-refractivity contribution in [1.82, 2.24) is 9.13 Å². The number of rotatable bonds is 53. The zero-order valence-corrected chi connectivity index (χ0v) is 61.0. The Morgan fingerprint density at radius 1 is 0.391 bits per heavy atom. The van der Waals surface area contributed by atoms with Crippen LogP contribution in [0.15, 0.2) is 46.0 Å². The molecule has 1 aliphatic rings. The smallest absolute Gasteiger partial charge is 0.0654 e. The molecule has 2 unspecified atom stereocenters. The molecule has 6 heterocycles. The van der Waals surface area contributed by atoms with E-state index in [-0.39, 0.29) is 40.1 Å². The summed E-state index contributed by atoms with van der Waals surface area (Å²) in [7, 11) is 0. The third-order valence-corrected chi connectivity index (χ3v) is 25.3. The van der Waals surface area contributed by atoms with Crippen LogP contribution in [0.3, 0.4) is 0 Å². The number of aromatic nitrogens is 2. The van der Waals surface area contributed by atoms with Crippen LogP contribution in [0.1, 0.15) is 332 Å². The zero-order valence-electron chi connectivity index (χ0n) is 56.7. The van der Waals surface area contributed by atoms with E-state index in [2.05, 4.69) is 87.1 Å². The number of aryl methyl sites for hydroxylation is 4. The molecule has 0 saturated heterocycles. The first kappa shape index (κ1) is 73.5. The van der Waals surface area contributed by atoms with Crippen LogP contribution in [0.2, 0.25) is 0 Å². The standard InChI is InChI=1S/C78H126N2O4SSe2/c1-7-11-15-19-23-27-29-33-37-41-49-65(47-39-35-31-25-21-17-13-9-3)51-43-45-57-79-70-62-68(72-55-56-73(87-72)76-75-74(64(6)85-76)83-59-60-84-75)78(82)80(69(70)61-67(77(79)81)71-54-53-63(5)86-71)58-46-44-52-66(48-40-36-32-26-22-18-14-10-4)50-42-38-34-30-28-24-20-16-12-8-2/h53-56,61-62,65-66H,7-52,57-60H2,1-6H3. The third kappa shape index (κ3) is 26.5. The molecule has 490 valence electrons. The molecule has 87 heavy (non-hydrogen) atoms. The van der Waals surface area contributed by atoms with Crippen LogP contribution < -0.4 is 20.6 Å². The molecule has 0 aromatic carbocycles. The summed E-state index contributed by atoms with van der Waals surface area (Å²) in [6, 6.07) is 13.1. The molecule has 0 radical (unpaired) electrons. The van der Waals surface area contributed by atoms with Crippen LogP contribution in [0.5, 0.6) is 11.5 Å². The fourth-order valence-electron chi connectivity index (χ4n) is 14.0. The summed E-state index contributed by atoms with van der Waals surface area (Å²) < 4.78 is 21.5. The second kappa shape index (κ2) is 44.9. The van der Waals surface area contributed by atoms with Gasteiger partial charge in [0.15, 0.2) is 0 Å². The molecule has 1 aliphatic heterocycles.